The molecule has 0 unspecified atom stereocenters. The standard InChI is InChI=1S/C9H20O4Si2.C5H12O4/c1-14(2)10-5-9(6-11-14)7-12-15(3,4)13-8-9;6-1-5(2-7,3-8)4-9/h5-8H2,1-4H3;6-9H,1-4H2. The van der Waals surface area contributed by atoms with Crippen molar-refractivity contribution < 1.29 is 38.1 Å². The fourth-order valence-corrected chi connectivity index (χ4v) is 4.72. The van der Waals surface area contributed by atoms with Crippen molar-refractivity contribution in [2.75, 3.05) is 52.9 Å². The van der Waals surface area contributed by atoms with E-state index in [0.29, 0.717) is 0 Å². The highest BCUT2D eigenvalue weighted by molar-refractivity contribution is 6.65. The number of hydrogen-bond acceptors (Lipinski definition) is 8. The largest absolute Gasteiger partial charge is 0.396 e. The first-order valence-electron chi connectivity index (χ1n) is 8.06. The van der Waals surface area contributed by atoms with E-state index in [9.17, 15) is 0 Å². The van der Waals surface area contributed by atoms with E-state index in [0.717, 1.165) is 26.4 Å². The quantitative estimate of drug-likeness (QED) is 0.475. The van der Waals surface area contributed by atoms with Crippen LogP contribution in [0.15, 0.2) is 0 Å². The molecule has 24 heavy (non-hydrogen) atoms. The highest BCUT2D eigenvalue weighted by Crippen LogP contribution is 2.33. The second kappa shape index (κ2) is 8.67. The van der Waals surface area contributed by atoms with E-state index in [4.69, 9.17) is 38.1 Å². The first-order valence-corrected chi connectivity index (χ1v) is 13.7. The molecule has 10 heteroatoms. The predicted molar refractivity (Wildman–Crippen MR) is 92.0 cm³/mol. The molecule has 0 aromatic heterocycles. The first-order chi connectivity index (χ1) is 11.1. The van der Waals surface area contributed by atoms with E-state index < -0.39 is 49.0 Å². The van der Waals surface area contributed by atoms with Crippen molar-refractivity contribution in [3.05, 3.63) is 0 Å². The zero-order chi connectivity index (χ0) is 18.5. The van der Waals surface area contributed by atoms with Crippen LogP contribution in [0.5, 0.6) is 0 Å². The van der Waals surface area contributed by atoms with Crippen molar-refractivity contribution in [2.45, 2.75) is 26.2 Å². The lowest BCUT2D eigenvalue weighted by Gasteiger charge is -2.47. The Bertz CT molecular complexity index is 320. The Morgan fingerprint density at radius 2 is 0.917 bits per heavy atom. The summed E-state index contributed by atoms with van der Waals surface area (Å²) in [5, 5.41) is 34.0. The van der Waals surface area contributed by atoms with E-state index >= 15 is 0 Å². The second-order valence-corrected chi connectivity index (χ2v) is 14.3. The lowest BCUT2D eigenvalue weighted by molar-refractivity contribution is -0.0934. The summed E-state index contributed by atoms with van der Waals surface area (Å²) in [6.07, 6.45) is 0. The van der Waals surface area contributed by atoms with Crippen LogP contribution in [0.25, 0.3) is 0 Å². The van der Waals surface area contributed by atoms with Gasteiger partial charge in [0.25, 0.3) is 0 Å². The number of hydrogen-bond donors (Lipinski definition) is 4. The van der Waals surface area contributed by atoms with Crippen molar-refractivity contribution in [1.82, 2.24) is 0 Å². The lowest BCUT2D eigenvalue weighted by atomic mass is 9.93. The van der Waals surface area contributed by atoms with Crippen molar-refractivity contribution in [3.63, 3.8) is 0 Å². The van der Waals surface area contributed by atoms with Gasteiger partial charge < -0.3 is 38.1 Å². The molecular formula is C14H32O8Si2. The normalized spacial score (nSPS) is 25.0. The Balaban J connectivity index is 0.000000277. The molecule has 2 fully saturated rings. The summed E-state index contributed by atoms with van der Waals surface area (Å²) in [7, 11) is -3.67. The minimum atomic E-state index is -1.84. The predicted octanol–water partition coefficient (Wildman–Crippen LogP) is -0.588. The van der Waals surface area contributed by atoms with E-state index in [1.807, 2.05) is 0 Å². The average Bonchev–Trinajstić information content (AvgIpc) is 2.57. The summed E-state index contributed by atoms with van der Waals surface area (Å²) in [5.41, 5.74) is -1.16. The van der Waals surface area contributed by atoms with Crippen LogP contribution in [0.3, 0.4) is 0 Å². The molecule has 0 aromatic rings. The minimum Gasteiger partial charge on any atom is -0.396 e. The van der Waals surface area contributed by atoms with Crippen LogP contribution in [-0.2, 0) is 17.7 Å². The smallest absolute Gasteiger partial charge is 0.331 e. The topological polar surface area (TPSA) is 118 Å². The maximum absolute atomic E-state index is 8.50. The molecule has 1 spiro atoms. The van der Waals surface area contributed by atoms with E-state index in [-0.39, 0.29) is 5.41 Å². The molecule has 2 heterocycles. The van der Waals surface area contributed by atoms with Crippen LogP contribution < -0.4 is 0 Å². The van der Waals surface area contributed by atoms with Gasteiger partial charge in [0.15, 0.2) is 0 Å². The Morgan fingerprint density at radius 1 is 0.667 bits per heavy atom. The van der Waals surface area contributed by atoms with Crippen molar-refractivity contribution in [2.24, 2.45) is 10.8 Å². The maximum atomic E-state index is 8.50. The second-order valence-electron chi connectivity index (χ2n) is 7.59. The third-order valence-corrected chi connectivity index (χ3v) is 7.60. The van der Waals surface area contributed by atoms with Gasteiger partial charge in [-0.25, -0.2) is 0 Å². The van der Waals surface area contributed by atoms with Crippen LogP contribution in [-0.4, -0.2) is 90.4 Å². The number of aliphatic hydroxyl groups excluding tert-OH is 4. The summed E-state index contributed by atoms with van der Waals surface area (Å²) in [5.74, 6) is 0. The molecule has 0 radical (unpaired) electrons. The van der Waals surface area contributed by atoms with Gasteiger partial charge in [0.2, 0.25) is 0 Å². The number of aliphatic hydroxyl groups is 4. The van der Waals surface area contributed by atoms with Crippen LogP contribution in [0.2, 0.25) is 26.2 Å². The van der Waals surface area contributed by atoms with Crippen molar-refractivity contribution in [3.8, 4) is 0 Å². The summed E-state index contributed by atoms with van der Waals surface area (Å²) in [4.78, 5) is 0. The minimum absolute atomic E-state index is 0.0506. The fourth-order valence-electron chi connectivity index (χ4n) is 1.94. The van der Waals surface area contributed by atoms with E-state index in [1.165, 1.54) is 0 Å². The SMILES string of the molecule is C[Si]1(C)OCC2(CO1)CO[Si](C)(C)OC2.OCC(CO)(CO)CO. The Hall–Kier alpha value is 0.114. The zero-order valence-corrected chi connectivity index (χ0v) is 17.1. The van der Waals surface area contributed by atoms with Crippen LogP contribution in [0.4, 0.5) is 0 Å². The molecule has 0 atom stereocenters. The zero-order valence-electron chi connectivity index (χ0n) is 15.1. The molecule has 144 valence electrons. The molecule has 0 saturated carbocycles. The van der Waals surface area contributed by atoms with Gasteiger partial charge in [-0.05, 0) is 26.2 Å². The van der Waals surface area contributed by atoms with Crippen molar-refractivity contribution >= 4 is 17.1 Å². The van der Waals surface area contributed by atoms with Gasteiger partial charge in [0.05, 0.1) is 37.3 Å². The van der Waals surface area contributed by atoms with Gasteiger partial charge in [0, 0.05) is 26.4 Å². The molecule has 2 aliphatic heterocycles. The molecule has 0 aliphatic carbocycles. The first kappa shape index (κ1) is 22.2. The molecule has 8 nitrogen and oxygen atoms in total. The van der Waals surface area contributed by atoms with Crippen LogP contribution >= 0.6 is 0 Å². The summed E-state index contributed by atoms with van der Waals surface area (Å²) in [6.45, 7) is 9.54. The van der Waals surface area contributed by atoms with Crippen LogP contribution in [0.1, 0.15) is 0 Å². The lowest BCUT2D eigenvalue weighted by Crippen LogP contribution is -2.59. The molecule has 0 aromatic carbocycles. The van der Waals surface area contributed by atoms with Gasteiger partial charge in [-0.1, -0.05) is 0 Å². The van der Waals surface area contributed by atoms with E-state index in [1.54, 1.807) is 0 Å². The summed E-state index contributed by atoms with van der Waals surface area (Å²) in [6, 6.07) is 0. The Labute approximate surface area is 145 Å². The molecule has 2 saturated heterocycles. The molecule has 0 bridgehead atoms. The third kappa shape index (κ3) is 6.13. The molecular weight excluding hydrogens is 352 g/mol. The van der Waals surface area contributed by atoms with Gasteiger partial charge in [-0.2, -0.15) is 0 Å². The highest BCUT2D eigenvalue weighted by atomic mass is 28.4. The van der Waals surface area contributed by atoms with E-state index in [2.05, 4.69) is 26.2 Å². The fraction of sp³-hybridized carbons (Fsp3) is 1.00. The van der Waals surface area contributed by atoms with Gasteiger partial charge in [-0.3, -0.25) is 0 Å². The van der Waals surface area contributed by atoms with Gasteiger partial charge in [0.1, 0.15) is 0 Å². The molecule has 4 N–H and O–H groups in total. The Kier molecular flexibility index (Phi) is 8.00. The molecule has 0 amide bonds. The average molecular weight is 385 g/mol. The maximum Gasteiger partial charge on any atom is 0.331 e. The number of rotatable bonds is 4. The third-order valence-electron chi connectivity index (χ3n) is 4.25. The molecule has 2 rings (SSSR count). The summed E-state index contributed by atoms with van der Waals surface area (Å²) < 4.78 is 23.2. The monoisotopic (exact) mass is 384 g/mol. The van der Waals surface area contributed by atoms with Crippen LogP contribution in [0, 0.1) is 10.8 Å². The van der Waals surface area contributed by atoms with Crippen molar-refractivity contribution in [1.29, 1.82) is 0 Å². The molecule has 2 aliphatic rings. The Morgan fingerprint density at radius 3 is 1.08 bits per heavy atom. The highest BCUT2D eigenvalue weighted by Gasteiger charge is 2.47. The van der Waals surface area contributed by atoms with Gasteiger partial charge >= 0.3 is 17.1 Å². The summed E-state index contributed by atoms with van der Waals surface area (Å²) >= 11 is 0. The van der Waals surface area contributed by atoms with Gasteiger partial charge in [-0.15, -0.1) is 0 Å².